The highest BCUT2D eigenvalue weighted by Gasteiger charge is 2.27. The van der Waals surface area contributed by atoms with Crippen LogP contribution in [0.25, 0.3) is 0 Å². The SMILES string of the molecule is Cc1ccccc1NC(=O)NC1CCN(C(=O)OC(C)(C)C)CC1. The van der Waals surface area contributed by atoms with Gasteiger partial charge in [-0.2, -0.15) is 0 Å². The van der Waals surface area contributed by atoms with Crippen LogP contribution in [0, 0.1) is 6.92 Å². The molecule has 0 unspecified atom stereocenters. The number of carbonyl (C=O) groups is 2. The number of aryl methyl sites for hydroxylation is 1. The van der Waals surface area contributed by atoms with Crippen LogP contribution in [-0.2, 0) is 4.74 Å². The van der Waals surface area contributed by atoms with E-state index >= 15 is 0 Å². The van der Waals surface area contributed by atoms with Gasteiger partial charge in [-0.05, 0) is 52.2 Å². The maximum absolute atomic E-state index is 12.1. The predicted molar refractivity (Wildman–Crippen MR) is 94.2 cm³/mol. The molecule has 0 bridgehead atoms. The van der Waals surface area contributed by atoms with Gasteiger partial charge in [-0.15, -0.1) is 0 Å². The number of anilines is 1. The van der Waals surface area contributed by atoms with Crippen molar-refractivity contribution in [3.63, 3.8) is 0 Å². The number of likely N-dealkylation sites (tertiary alicyclic amines) is 1. The second kappa shape index (κ2) is 7.55. The van der Waals surface area contributed by atoms with Gasteiger partial charge in [0.05, 0.1) is 0 Å². The Kier molecular flexibility index (Phi) is 5.70. The Balaban J connectivity index is 1.77. The highest BCUT2D eigenvalue weighted by Crippen LogP contribution is 2.16. The lowest BCUT2D eigenvalue weighted by atomic mass is 10.1. The van der Waals surface area contributed by atoms with Crippen molar-refractivity contribution in [1.82, 2.24) is 10.2 Å². The third-order valence-electron chi connectivity index (χ3n) is 3.88. The maximum atomic E-state index is 12.1. The number of rotatable bonds is 2. The van der Waals surface area contributed by atoms with Crippen LogP contribution in [0.5, 0.6) is 0 Å². The maximum Gasteiger partial charge on any atom is 0.410 e. The Morgan fingerprint density at radius 1 is 1.17 bits per heavy atom. The second-order valence-electron chi connectivity index (χ2n) is 7.16. The minimum atomic E-state index is -0.486. The van der Waals surface area contributed by atoms with Crippen LogP contribution >= 0.6 is 0 Å². The van der Waals surface area contributed by atoms with Gasteiger partial charge in [0.15, 0.2) is 0 Å². The van der Waals surface area contributed by atoms with Crippen molar-refractivity contribution in [2.24, 2.45) is 0 Å². The lowest BCUT2D eigenvalue weighted by Gasteiger charge is -2.33. The molecule has 0 aromatic heterocycles. The van der Waals surface area contributed by atoms with E-state index in [0.717, 1.165) is 24.1 Å². The minimum absolute atomic E-state index is 0.0627. The average molecular weight is 333 g/mol. The monoisotopic (exact) mass is 333 g/mol. The first-order valence-electron chi connectivity index (χ1n) is 8.36. The van der Waals surface area contributed by atoms with E-state index in [4.69, 9.17) is 4.74 Å². The van der Waals surface area contributed by atoms with Crippen molar-refractivity contribution in [2.45, 2.75) is 52.2 Å². The number of nitrogens with zero attached hydrogens (tertiary/aromatic N) is 1. The van der Waals surface area contributed by atoms with E-state index in [1.807, 2.05) is 52.0 Å². The van der Waals surface area contributed by atoms with Gasteiger partial charge in [-0.1, -0.05) is 18.2 Å². The Bertz CT molecular complexity index is 587. The van der Waals surface area contributed by atoms with Crippen molar-refractivity contribution < 1.29 is 14.3 Å². The molecule has 0 saturated carbocycles. The largest absolute Gasteiger partial charge is 0.444 e. The summed E-state index contributed by atoms with van der Waals surface area (Å²) < 4.78 is 5.37. The molecule has 2 rings (SSSR count). The van der Waals surface area contributed by atoms with Crippen LogP contribution in [0.1, 0.15) is 39.2 Å². The van der Waals surface area contributed by atoms with E-state index in [-0.39, 0.29) is 18.2 Å². The number of benzene rings is 1. The zero-order valence-corrected chi connectivity index (χ0v) is 14.9. The fourth-order valence-electron chi connectivity index (χ4n) is 2.59. The van der Waals surface area contributed by atoms with Crippen molar-refractivity contribution in [3.05, 3.63) is 29.8 Å². The first-order chi connectivity index (χ1) is 11.2. The smallest absolute Gasteiger partial charge is 0.410 e. The Morgan fingerprint density at radius 2 is 1.79 bits per heavy atom. The summed E-state index contributed by atoms with van der Waals surface area (Å²) in [7, 11) is 0. The number of nitrogens with one attached hydrogen (secondary N) is 2. The first-order valence-corrected chi connectivity index (χ1v) is 8.36. The molecule has 0 spiro atoms. The van der Waals surface area contributed by atoms with Crippen molar-refractivity contribution in [3.8, 4) is 0 Å². The molecule has 6 heteroatoms. The lowest BCUT2D eigenvalue weighted by Crippen LogP contribution is -2.48. The molecule has 24 heavy (non-hydrogen) atoms. The highest BCUT2D eigenvalue weighted by molar-refractivity contribution is 5.90. The number of urea groups is 1. The van der Waals surface area contributed by atoms with Gasteiger partial charge >= 0.3 is 12.1 Å². The van der Waals surface area contributed by atoms with Gasteiger partial charge in [0.2, 0.25) is 0 Å². The van der Waals surface area contributed by atoms with Gasteiger partial charge in [0, 0.05) is 24.8 Å². The second-order valence-corrected chi connectivity index (χ2v) is 7.16. The molecule has 0 atom stereocenters. The van der Waals surface area contributed by atoms with E-state index in [0.29, 0.717) is 13.1 Å². The molecule has 1 aromatic carbocycles. The molecule has 3 amide bonds. The van der Waals surface area contributed by atoms with E-state index < -0.39 is 5.60 Å². The van der Waals surface area contributed by atoms with Crippen LogP contribution in [0.2, 0.25) is 0 Å². The van der Waals surface area contributed by atoms with Gasteiger partial charge in [-0.25, -0.2) is 9.59 Å². The number of amides is 3. The fraction of sp³-hybridized carbons (Fsp3) is 0.556. The number of para-hydroxylation sites is 1. The molecule has 1 heterocycles. The molecule has 0 aliphatic carbocycles. The normalized spacial score (nSPS) is 15.8. The molecule has 0 radical (unpaired) electrons. The van der Waals surface area contributed by atoms with E-state index in [1.165, 1.54) is 0 Å². The third kappa shape index (κ3) is 5.44. The Hall–Kier alpha value is -2.24. The van der Waals surface area contributed by atoms with Crippen molar-refractivity contribution in [2.75, 3.05) is 18.4 Å². The summed E-state index contributed by atoms with van der Waals surface area (Å²) in [5, 5.41) is 5.84. The lowest BCUT2D eigenvalue weighted by molar-refractivity contribution is 0.0202. The molecular weight excluding hydrogens is 306 g/mol. The summed E-state index contributed by atoms with van der Waals surface area (Å²) in [5.41, 5.74) is 1.34. The number of carbonyl (C=O) groups excluding carboxylic acids is 2. The number of piperidine rings is 1. The summed E-state index contributed by atoms with van der Waals surface area (Å²) in [5.74, 6) is 0. The molecule has 1 aliphatic heterocycles. The number of hydrogen-bond donors (Lipinski definition) is 2. The van der Waals surface area contributed by atoms with Crippen molar-refractivity contribution >= 4 is 17.8 Å². The van der Waals surface area contributed by atoms with Gasteiger partial charge in [0.25, 0.3) is 0 Å². The third-order valence-corrected chi connectivity index (χ3v) is 3.88. The number of hydrogen-bond acceptors (Lipinski definition) is 3. The van der Waals surface area contributed by atoms with Gasteiger partial charge in [-0.3, -0.25) is 0 Å². The summed E-state index contributed by atoms with van der Waals surface area (Å²) in [6.45, 7) is 8.70. The van der Waals surface area contributed by atoms with Crippen molar-refractivity contribution in [1.29, 1.82) is 0 Å². The van der Waals surface area contributed by atoms with Crippen LogP contribution < -0.4 is 10.6 Å². The molecule has 1 saturated heterocycles. The zero-order valence-electron chi connectivity index (χ0n) is 14.9. The molecule has 132 valence electrons. The molecule has 1 aliphatic rings. The zero-order chi connectivity index (χ0) is 17.7. The highest BCUT2D eigenvalue weighted by atomic mass is 16.6. The molecule has 6 nitrogen and oxygen atoms in total. The van der Waals surface area contributed by atoms with Crippen LogP contribution in [0.3, 0.4) is 0 Å². The standard InChI is InChI=1S/C18H27N3O3/c1-13-7-5-6-8-15(13)20-16(22)19-14-9-11-21(12-10-14)17(23)24-18(2,3)4/h5-8,14H,9-12H2,1-4H3,(H2,19,20,22). The minimum Gasteiger partial charge on any atom is -0.444 e. The summed E-state index contributed by atoms with van der Waals surface area (Å²) in [6, 6.07) is 7.51. The topological polar surface area (TPSA) is 70.7 Å². The first kappa shape index (κ1) is 18.1. The summed E-state index contributed by atoms with van der Waals surface area (Å²) in [4.78, 5) is 25.8. The van der Waals surface area contributed by atoms with Gasteiger partial charge < -0.3 is 20.3 Å². The molecule has 1 aromatic rings. The fourth-order valence-corrected chi connectivity index (χ4v) is 2.59. The van der Waals surface area contributed by atoms with Crippen LogP contribution in [0.4, 0.5) is 15.3 Å². The molecule has 1 fully saturated rings. The van der Waals surface area contributed by atoms with Crippen LogP contribution in [0.15, 0.2) is 24.3 Å². The summed E-state index contributed by atoms with van der Waals surface area (Å²) in [6.07, 6.45) is 1.16. The predicted octanol–water partition coefficient (Wildman–Crippen LogP) is 3.52. The van der Waals surface area contributed by atoms with E-state index in [2.05, 4.69) is 10.6 Å². The van der Waals surface area contributed by atoms with E-state index in [9.17, 15) is 9.59 Å². The average Bonchev–Trinajstić information content (AvgIpc) is 2.48. The summed E-state index contributed by atoms with van der Waals surface area (Å²) >= 11 is 0. The van der Waals surface area contributed by atoms with Crippen LogP contribution in [-0.4, -0.2) is 41.8 Å². The quantitative estimate of drug-likeness (QED) is 0.870. The number of ether oxygens (including phenoxy) is 1. The van der Waals surface area contributed by atoms with E-state index in [1.54, 1.807) is 4.90 Å². The molecule has 2 N–H and O–H groups in total. The molecular formula is C18H27N3O3. The Labute approximate surface area is 143 Å². The Morgan fingerprint density at radius 3 is 2.38 bits per heavy atom. The van der Waals surface area contributed by atoms with Gasteiger partial charge in [0.1, 0.15) is 5.60 Å².